The zero-order valence-electron chi connectivity index (χ0n) is 14.2. The minimum atomic E-state index is -0.894. The minimum Gasteiger partial charge on any atom is -0.481 e. The fourth-order valence-electron chi connectivity index (χ4n) is 2.14. The van der Waals surface area contributed by atoms with Crippen molar-refractivity contribution in [3.05, 3.63) is 34.3 Å². The van der Waals surface area contributed by atoms with Gasteiger partial charge < -0.3 is 19.5 Å². The summed E-state index contributed by atoms with van der Waals surface area (Å²) in [7, 11) is 1.66. The van der Waals surface area contributed by atoms with Gasteiger partial charge in [-0.1, -0.05) is 22.9 Å². The lowest BCUT2D eigenvalue weighted by Gasteiger charge is -2.29. The Balaban J connectivity index is 2.79. The molecule has 0 fully saturated rings. The molecule has 0 bridgehead atoms. The van der Waals surface area contributed by atoms with Crippen molar-refractivity contribution in [1.29, 1.82) is 0 Å². The molecular weight excluding hydrogens is 378 g/mol. The molecule has 0 spiro atoms. The van der Waals surface area contributed by atoms with Crippen molar-refractivity contribution in [2.75, 3.05) is 27.1 Å². The van der Waals surface area contributed by atoms with Gasteiger partial charge in [-0.05, 0) is 37.6 Å². The van der Waals surface area contributed by atoms with Crippen molar-refractivity contribution < 1.29 is 24.2 Å². The van der Waals surface area contributed by atoms with Crippen molar-refractivity contribution in [2.45, 2.75) is 26.3 Å². The van der Waals surface area contributed by atoms with E-state index in [-0.39, 0.29) is 25.3 Å². The molecule has 0 aliphatic carbocycles. The number of hydrogen-bond donors (Lipinski definition) is 1. The predicted molar refractivity (Wildman–Crippen MR) is 93.9 cm³/mol. The minimum absolute atomic E-state index is 0.120. The number of benzene rings is 1. The molecular formula is C17H24BrNO5. The molecule has 0 aliphatic heterocycles. The van der Waals surface area contributed by atoms with E-state index in [1.165, 1.54) is 4.90 Å². The van der Waals surface area contributed by atoms with Gasteiger partial charge >= 0.3 is 5.97 Å². The smallest absolute Gasteiger partial charge is 0.306 e. The van der Waals surface area contributed by atoms with E-state index in [9.17, 15) is 9.59 Å². The zero-order chi connectivity index (χ0) is 18.1. The zero-order valence-corrected chi connectivity index (χ0v) is 15.8. The number of likely N-dealkylation sites (N-methyl/N-ethyl adjacent to an activating group) is 1. The first-order chi connectivity index (χ1) is 11.4. The van der Waals surface area contributed by atoms with Gasteiger partial charge in [-0.25, -0.2) is 0 Å². The average Bonchev–Trinajstić information content (AvgIpc) is 2.56. The van der Waals surface area contributed by atoms with Crippen LogP contribution in [-0.2, 0) is 14.3 Å². The number of carboxylic acid groups (broad SMARTS) is 1. The molecule has 0 aliphatic rings. The lowest BCUT2D eigenvalue weighted by Crippen LogP contribution is -2.42. The predicted octanol–water partition coefficient (Wildman–Crippen LogP) is 3.01. The normalized spacial score (nSPS) is 13.3. The quantitative estimate of drug-likeness (QED) is 0.481. The van der Waals surface area contributed by atoms with Crippen LogP contribution in [-0.4, -0.2) is 55.0 Å². The molecule has 1 aromatic rings. The van der Waals surface area contributed by atoms with Crippen molar-refractivity contribution in [3.63, 3.8) is 0 Å². The summed E-state index contributed by atoms with van der Waals surface area (Å²) in [6, 6.07) is 6.68. The van der Waals surface area contributed by atoms with Crippen LogP contribution in [0.3, 0.4) is 0 Å². The molecule has 0 radical (unpaired) electrons. The van der Waals surface area contributed by atoms with Crippen LogP contribution in [0.25, 0.3) is 0 Å². The standard InChI is InChI=1S/C17H24BrNO5/c1-4-23-11-24-10-15(9-12(2)17(21)22)19(3)16(20)13-5-7-14(18)8-6-13/h5-8,12,15H,4,9-11H2,1-3H3,(H,21,22). The van der Waals surface area contributed by atoms with E-state index in [1.807, 2.05) is 6.92 Å². The maximum Gasteiger partial charge on any atom is 0.306 e. The monoisotopic (exact) mass is 401 g/mol. The number of carbonyl (C=O) groups is 2. The molecule has 134 valence electrons. The summed E-state index contributed by atoms with van der Waals surface area (Å²) in [6.07, 6.45) is 0.306. The largest absolute Gasteiger partial charge is 0.481 e. The summed E-state index contributed by atoms with van der Waals surface area (Å²) in [5.41, 5.74) is 0.540. The lowest BCUT2D eigenvalue weighted by molar-refractivity contribution is -0.142. The fourth-order valence-corrected chi connectivity index (χ4v) is 2.40. The van der Waals surface area contributed by atoms with E-state index in [2.05, 4.69) is 15.9 Å². The molecule has 24 heavy (non-hydrogen) atoms. The summed E-state index contributed by atoms with van der Waals surface area (Å²) in [5, 5.41) is 9.13. The number of hydrogen-bond acceptors (Lipinski definition) is 4. The molecule has 1 rings (SSSR count). The highest BCUT2D eigenvalue weighted by Gasteiger charge is 2.25. The average molecular weight is 402 g/mol. The number of halogens is 1. The Kier molecular flexibility index (Phi) is 8.95. The SMILES string of the molecule is CCOCOCC(CC(C)C(=O)O)N(C)C(=O)c1ccc(Br)cc1. The number of ether oxygens (including phenoxy) is 2. The second-order valence-corrected chi connectivity index (χ2v) is 6.45. The van der Waals surface area contributed by atoms with E-state index in [0.29, 0.717) is 18.6 Å². The second kappa shape index (κ2) is 10.4. The van der Waals surface area contributed by atoms with Crippen LogP contribution in [0.1, 0.15) is 30.6 Å². The van der Waals surface area contributed by atoms with E-state index < -0.39 is 11.9 Å². The summed E-state index contributed by atoms with van der Waals surface area (Å²) in [5.74, 6) is -1.65. The van der Waals surface area contributed by atoms with Crippen molar-refractivity contribution >= 4 is 27.8 Å². The van der Waals surface area contributed by atoms with Gasteiger partial charge in [0.15, 0.2) is 0 Å². The second-order valence-electron chi connectivity index (χ2n) is 5.53. The van der Waals surface area contributed by atoms with Gasteiger partial charge in [-0.3, -0.25) is 9.59 Å². The van der Waals surface area contributed by atoms with Gasteiger partial charge in [0.05, 0.1) is 18.6 Å². The molecule has 6 nitrogen and oxygen atoms in total. The van der Waals surface area contributed by atoms with Crippen LogP contribution in [0.15, 0.2) is 28.7 Å². The molecule has 2 unspecified atom stereocenters. The maximum atomic E-state index is 12.6. The Morgan fingerprint density at radius 1 is 1.25 bits per heavy atom. The third-order valence-corrected chi connectivity index (χ3v) is 4.22. The number of nitrogens with zero attached hydrogens (tertiary/aromatic N) is 1. The van der Waals surface area contributed by atoms with Crippen LogP contribution in [0.5, 0.6) is 0 Å². The molecule has 1 amide bonds. The number of carboxylic acids is 1. The van der Waals surface area contributed by atoms with Gasteiger partial charge in [-0.15, -0.1) is 0 Å². The van der Waals surface area contributed by atoms with E-state index in [0.717, 1.165) is 4.47 Å². The molecule has 2 atom stereocenters. The number of rotatable bonds is 10. The van der Waals surface area contributed by atoms with Crippen molar-refractivity contribution in [1.82, 2.24) is 4.90 Å². The summed E-state index contributed by atoms with van der Waals surface area (Å²) in [6.45, 7) is 4.35. The fraction of sp³-hybridized carbons (Fsp3) is 0.529. The van der Waals surface area contributed by atoms with Gasteiger partial charge in [0.25, 0.3) is 5.91 Å². The van der Waals surface area contributed by atoms with Crippen molar-refractivity contribution in [3.8, 4) is 0 Å². The molecule has 7 heteroatoms. The topological polar surface area (TPSA) is 76.1 Å². The van der Waals surface area contributed by atoms with Crippen LogP contribution in [0.4, 0.5) is 0 Å². The highest BCUT2D eigenvalue weighted by atomic mass is 79.9. The Hall–Kier alpha value is -1.44. The Morgan fingerprint density at radius 2 is 1.88 bits per heavy atom. The third-order valence-electron chi connectivity index (χ3n) is 3.69. The third kappa shape index (κ3) is 6.59. The highest BCUT2D eigenvalue weighted by Crippen LogP contribution is 2.17. The van der Waals surface area contributed by atoms with E-state index in [4.69, 9.17) is 14.6 Å². The molecule has 1 aromatic carbocycles. The number of amides is 1. The Labute approximate surface area is 150 Å². The first kappa shape index (κ1) is 20.6. The molecule has 0 aromatic heterocycles. The number of aliphatic carboxylic acids is 1. The highest BCUT2D eigenvalue weighted by molar-refractivity contribution is 9.10. The Bertz CT molecular complexity index is 534. The molecule has 1 N–H and O–H groups in total. The summed E-state index contributed by atoms with van der Waals surface area (Å²) in [4.78, 5) is 25.3. The maximum absolute atomic E-state index is 12.6. The Morgan fingerprint density at radius 3 is 2.42 bits per heavy atom. The van der Waals surface area contributed by atoms with Crippen LogP contribution in [0.2, 0.25) is 0 Å². The summed E-state index contributed by atoms with van der Waals surface area (Å²) >= 11 is 3.33. The van der Waals surface area contributed by atoms with Crippen LogP contribution >= 0.6 is 15.9 Å². The molecule has 0 saturated carbocycles. The van der Waals surface area contributed by atoms with Crippen LogP contribution in [0, 0.1) is 5.92 Å². The van der Waals surface area contributed by atoms with Crippen LogP contribution < -0.4 is 0 Å². The van der Waals surface area contributed by atoms with E-state index >= 15 is 0 Å². The van der Waals surface area contributed by atoms with Gasteiger partial charge in [0, 0.05) is 23.7 Å². The first-order valence-corrected chi connectivity index (χ1v) is 8.57. The molecule has 0 heterocycles. The van der Waals surface area contributed by atoms with Crippen molar-refractivity contribution in [2.24, 2.45) is 5.92 Å². The summed E-state index contributed by atoms with van der Waals surface area (Å²) < 4.78 is 11.4. The number of carbonyl (C=O) groups excluding carboxylic acids is 1. The van der Waals surface area contributed by atoms with Gasteiger partial charge in [-0.2, -0.15) is 0 Å². The van der Waals surface area contributed by atoms with E-state index in [1.54, 1.807) is 38.2 Å². The van der Waals surface area contributed by atoms with Gasteiger partial charge in [0.2, 0.25) is 0 Å². The van der Waals surface area contributed by atoms with Gasteiger partial charge in [0.1, 0.15) is 6.79 Å². The lowest BCUT2D eigenvalue weighted by atomic mass is 10.0. The first-order valence-electron chi connectivity index (χ1n) is 7.77. The molecule has 0 saturated heterocycles.